The number of fused-ring (bicyclic) bond motifs is 1. The highest BCUT2D eigenvalue weighted by Crippen LogP contribution is 2.36. The van der Waals surface area contributed by atoms with E-state index in [1.807, 2.05) is 24.0 Å². The van der Waals surface area contributed by atoms with Crippen LogP contribution in [0.15, 0.2) is 27.1 Å². The molecule has 0 bridgehead atoms. The van der Waals surface area contributed by atoms with Gasteiger partial charge in [-0.15, -0.1) is 0 Å². The predicted octanol–water partition coefficient (Wildman–Crippen LogP) is 4.11. The maximum Gasteiger partial charge on any atom is 0.274 e. The number of piperidine rings is 1. The van der Waals surface area contributed by atoms with Crippen LogP contribution >= 0.6 is 0 Å². The smallest absolute Gasteiger partial charge is 0.274 e. The predicted molar refractivity (Wildman–Crippen MR) is 107 cm³/mol. The first-order valence-electron chi connectivity index (χ1n) is 10.5. The van der Waals surface area contributed by atoms with Gasteiger partial charge >= 0.3 is 0 Å². The summed E-state index contributed by atoms with van der Waals surface area (Å²) in [6.45, 7) is 5.60. The number of hydrogen-bond acceptors (Lipinski definition) is 5. The summed E-state index contributed by atoms with van der Waals surface area (Å²) in [5.74, 6) is 3.58. The number of aromatic nitrogens is 3. The molecule has 3 aromatic rings. The van der Waals surface area contributed by atoms with Crippen molar-refractivity contribution >= 4 is 5.91 Å². The van der Waals surface area contributed by atoms with Gasteiger partial charge in [0.25, 0.3) is 5.91 Å². The van der Waals surface area contributed by atoms with Crippen LogP contribution in [0, 0.1) is 12.8 Å². The Morgan fingerprint density at radius 3 is 2.83 bits per heavy atom. The average molecular weight is 394 g/mol. The molecule has 0 saturated carbocycles. The number of amides is 1. The summed E-state index contributed by atoms with van der Waals surface area (Å²) in [6, 6.07) is 5.54. The Labute approximate surface area is 169 Å². The molecule has 3 aromatic heterocycles. The number of likely N-dealkylation sites (tertiary alicyclic amines) is 1. The molecule has 0 aromatic carbocycles. The molecule has 0 radical (unpaired) electrons. The molecule has 1 aliphatic heterocycles. The fraction of sp³-hybridized carbons (Fsp3) is 0.500. The Morgan fingerprint density at radius 1 is 1.24 bits per heavy atom. The third-order valence-electron chi connectivity index (χ3n) is 6.28. The van der Waals surface area contributed by atoms with Gasteiger partial charge in [0.05, 0.1) is 5.69 Å². The van der Waals surface area contributed by atoms with Gasteiger partial charge in [0.15, 0.2) is 11.5 Å². The van der Waals surface area contributed by atoms with Crippen LogP contribution in [0.1, 0.15) is 65.4 Å². The van der Waals surface area contributed by atoms with Crippen LogP contribution < -0.4 is 0 Å². The zero-order chi connectivity index (χ0) is 20.0. The van der Waals surface area contributed by atoms with Gasteiger partial charge in [-0.2, -0.15) is 5.10 Å². The van der Waals surface area contributed by atoms with E-state index >= 15 is 0 Å². The van der Waals surface area contributed by atoms with Crippen molar-refractivity contribution in [3.05, 3.63) is 46.7 Å². The zero-order valence-electron chi connectivity index (χ0n) is 16.9. The zero-order valence-corrected chi connectivity index (χ0v) is 16.9. The molecule has 1 N–H and O–H groups in total. The third kappa shape index (κ3) is 3.39. The molecule has 152 valence electrons. The molecule has 5 rings (SSSR count). The van der Waals surface area contributed by atoms with Crippen molar-refractivity contribution in [3.8, 4) is 11.5 Å². The van der Waals surface area contributed by atoms with Gasteiger partial charge in [0.2, 0.25) is 0 Å². The van der Waals surface area contributed by atoms with Gasteiger partial charge in [-0.25, -0.2) is 0 Å². The van der Waals surface area contributed by atoms with Gasteiger partial charge < -0.3 is 13.8 Å². The standard InChI is InChI=1S/C22H26N4O3/c1-13-3-5-17-16(11-13)21(29-25-17)15-7-9-26(10-8-15)22(27)19-12-18(23-24-19)20-6-4-14(2)28-20/h4,6,12-13,15H,3,5,7-11H2,1-2H3,(H,23,24)/t13-/m1/s1. The minimum atomic E-state index is -0.0394. The fourth-order valence-corrected chi connectivity index (χ4v) is 4.57. The molecule has 1 atom stereocenters. The Balaban J connectivity index is 1.25. The summed E-state index contributed by atoms with van der Waals surface area (Å²) in [4.78, 5) is 14.8. The Bertz CT molecular complexity index is 1020. The van der Waals surface area contributed by atoms with E-state index in [-0.39, 0.29) is 5.91 Å². The first-order chi connectivity index (χ1) is 14.1. The van der Waals surface area contributed by atoms with Crippen LogP contribution in [0.3, 0.4) is 0 Å². The van der Waals surface area contributed by atoms with Gasteiger partial charge in [0, 0.05) is 30.6 Å². The number of carbonyl (C=O) groups is 1. The molecular weight excluding hydrogens is 368 g/mol. The second kappa shape index (κ2) is 7.21. The van der Waals surface area contributed by atoms with Crippen molar-refractivity contribution in [1.29, 1.82) is 0 Å². The third-order valence-corrected chi connectivity index (χ3v) is 6.28. The molecule has 29 heavy (non-hydrogen) atoms. The summed E-state index contributed by atoms with van der Waals surface area (Å²) >= 11 is 0. The maximum atomic E-state index is 12.9. The van der Waals surface area contributed by atoms with E-state index < -0.39 is 0 Å². The van der Waals surface area contributed by atoms with Crippen molar-refractivity contribution in [3.63, 3.8) is 0 Å². The molecule has 7 nitrogen and oxygen atoms in total. The second-order valence-corrected chi connectivity index (χ2v) is 8.46. The minimum Gasteiger partial charge on any atom is -0.460 e. The lowest BCUT2D eigenvalue weighted by Gasteiger charge is -2.31. The van der Waals surface area contributed by atoms with Gasteiger partial charge in [0.1, 0.15) is 17.2 Å². The molecular formula is C22H26N4O3. The fourth-order valence-electron chi connectivity index (χ4n) is 4.57. The first kappa shape index (κ1) is 18.2. The number of aromatic amines is 1. The lowest BCUT2D eigenvalue weighted by molar-refractivity contribution is 0.0700. The van der Waals surface area contributed by atoms with E-state index in [4.69, 9.17) is 8.94 Å². The topological polar surface area (TPSA) is 88.2 Å². The Morgan fingerprint density at radius 2 is 2.07 bits per heavy atom. The van der Waals surface area contributed by atoms with Crippen LogP contribution in [0.4, 0.5) is 0 Å². The second-order valence-electron chi connectivity index (χ2n) is 8.46. The number of furan rings is 1. The van der Waals surface area contributed by atoms with Crippen molar-refractivity contribution in [2.45, 2.75) is 51.9 Å². The van der Waals surface area contributed by atoms with E-state index in [1.165, 1.54) is 12.0 Å². The highest BCUT2D eigenvalue weighted by atomic mass is 16.5. The number of H-pyrrole nitrogens is 1. The molecule has 1 aliphatic carbocycles. The Hall–Kier alpha value is -2.83. The quantitative estimate of drug-likeness (QED) is 0.722. The summed E-state index contributed by atoms with van der Waals surface area (Å²) < 4.78 is 11.4. The van der Waals surface area contributed by atoms with Crippen molar-refractivity contribution in [2.75, 3.05) is 13.1 Å². The molecule has 1 amide bonds. The van der Waals surface area contributed by atoms with Crippen LogP contribution in [0.25, 0.3) is 11.5 Å². The van der Waals surface area contributed by atoms with E-state index in [2.05, 4.69) is 22.3 Å². The van der Waals surface area contributed by atoms with E-state index in [0.717, 1.165) is 48.6 Å². The first-order valence-corrected chi connectivity index (χ1v) is 10.5. The van der Waals surface area contributed by atoms with Crippen molar-refractivity contribution < 1.29 is 13.7 Å². The van der Waals surface area contributed by atoms with Crippen LogP contribution in [0.2, 0.25) is 0 Å². The normalized spacial score (nSPS) is 20.1. The number of carbonyl (C=O) groups excluding carboxylic acids is 1. The number of rotatable bonds is 3. The Kier molecular flexibility index (Phi) is 4.53. The monoisotopic (exact) mass is 394 g/mol. The van der Waals surface area contributed by atoms with Crippen LogP contribution in [-0.2, 0) is 12.8 Å². The van der Waals surface area contributed by atoms with Crippen molar-refractivity contribution in [2.24, 2.45) is 5.92 Å². The highest BCUT2D eigenvalue weighted by Gasteiger charge is 2.32. The van der Waals surface area contributed by atoms with Gasteiger partial charge in [-0.1, -0.05) is 12.1 Å². The summed E-state index contributed by atoms with van der Waals surface area (Å²) in [5, 5.41) is 11.4. The van der Waals surface area contributed by atoms with Crippen LogP contribution in [-0.4, -0.2) is 39.3 Å². The van der Waals surface area contributed by atoms with E-state index in [9.17, 15) is 4.79 Å². The van der Waals surface area contributed by atoms with Gasteiger partial charge in [-0.05, 0) is 57.1 Å². The summed E-state index contributed by atoms with van der Waals surface area (Å²) in [6.07, 6.45) is 5.08. The lowest BCUT2D eigenvalue weighted by atomic mass is 9.83. The van der Waals surface area contributed by atoms with Crippen LogP contribution in [0.5, 0.6) is 0 Å². The SMILES string of the molecule is Cc1ccc(-c2cc(C(=O)N3CCC(c4onc5c4C[C@H](C)CC5)CC3)n[nH]2)o1. The minimum absolute atomic E-state index is 0.0394. The molecule has 4 heterocycles. The molecule has 1 saturated heterocycles. The molecule has 7 heteroatoms. The maximum absolute atomic E-state index is 12.9. The van der Waals surface area contributed by atoms with E-state index in [1.54, 1.807) is 6.07 Å². The highest BCUT2D eigenvalue weighted by molar-refractivity contribution is 5.93. The molecule has 2 aliphatic rings. The molecule has 0 spiro atoms. The van der Waals surface area contributed by atoms with Crippen molar-refractivity contribution in [1.82, 2.24) is 20.3 Å². The van der Waals surface area contributed by atoms with Gasteiger partial charge in [-0.3, -0.25) is 9.89 Å². The number of nitrogens with one attached hydrogen (secondary N) is 1. The largest absolute Gasteiger partial charge is 0.460 e. The average Bonchev–Trinajstić information content (AvgIpc) is 3.46. The number of aryl methyl sites for hydroxylation is 2. The molecule has 1 fully saturated rings. The summed E-state index contributed by atoms with van der Waals surface area (Å²) in [7, 11) is 0. The van der Waals surface area contributed by atoms with E-state index in [0.29, 0.717) is 36.4 Å². The number of hydrogen-bond donors (Lipinski definition) is 1. The lowest BCUT2D eigenvalue weighted by Crippen LogP contribution is -2.38. The number of nitrogens with zero attached hydrogens (tertiary/aromatic N) is 3. The summed E-state index contributed by atoms with van der Waals surface area (Å²) in [5.41, 5.74) is 3.63. The molecule has 0 unspecified atom stereocenters.